The first-order valence-corrected chi connectivity index (χ1v) is 11.2. The molecule has 3 atom stereocenters. The van der Waals surface area contributed by atoms with Crippen molar-refractivity contribution >= 4 is 17.9 Å². The zero-order valence-electron chi connectivity index (χ0n) is 23.6. The highest BCUT2D eigenvalue weighted by atomic mass is 16.6. The molecule has 1 aliphatic heterocycles. The van der Waals surface area contributed by atoms with E-state index in [-0.39, 0.29) is 38.5 Å². The van der Waals surface area contributed by atoms with Crippen LogP contribution in [0.25, 0.3) is 0 Å². The molecule has 38 heavy (non-hydrogen) atoms. The molecule has 1 aliphatic rings. The third-order valence-corrected chi connectivity index (χ3v) is 3.38. The number of carbonyl (C=O) groups excluding carboxylic acids is 3. The van der Waals surface area contributed by atoms with Gasteiger partial charge in [-0.05, 0) is 20.8 Å². The second-order valence-electron chi connectivity index (χ2n) is 7.31. The van der Waals surface area contributed by atoms with Crippen LogP contribution in [0.4, 0.5) is 0 Å². The van der Waals surface area contributed by atoms with Crippen LogP contribution in [0.3, 0.4) is 0 Å². The molecule has 0 amide bonds. The van der Waals surface area contributed by atoms with Crippen LogP contribution in [-0.4, -0.2) is 125 Å². The number of methoxy groups -OCH3 is 2. The van der Waals surface area contributed by atoms with Crippen molar-refractivity contribution in [3.05, 3.63) is 36.5 Å². The maximum Gasteiger partial charge on any atom is 0.333 e. The zero-order valence-corrected chi connectivity index (χ0v) is 23.6. The average Bonchev–Trinajstić information content (AvgIpc) is 3.72. The van der Waals surface area contributed by atoms with Crippen LogP contribution in [0.15, 0.2) is 36.5 Å². The third-order valence-electron chi connectivity index (χ3n) is 3.38. The molecule has 0 saturated carbocycles. The zero-order chi connectivity index (χ0) is 30.7. The normalized spacial score (nSPS) is 13.8. The Labute approximate surface area is 225 Å². The van der Waals surface area contributed by atoms with E-state index in [1.54, 1.807) is 20.8 Å². The lowest BCUT2D eigenvalue weighted by atomic mass is 10.3. The number of aliphatic hydroxyl groups excluding tert-OH is 4. The Hall–Kier alpha value is -2.65. The van der Waals surface area contributed by atoms with Gasteiger partial charge in [-0.1, -0.05) is 19.7 Å². The Balaban J connectivity index is -0.000000214. The second-order valence-corrected chi connectivity index (χ2v) is 7.31. The van der Waals surface area contributed by atoms with Crippen molar-refractivity contribution in [2.75, 3.05) is 68.1 Å². The molecule has 0 spiro atoms. The number of hydrogen-bond acceptors (Lipinski definition) is 13. The first kappa shape index (κ1) is 42.4. The number of rotatable bonds is 13. The molecule has 0 aromatic carbocycles. The minimum Gasteiger partial charge on any atom is -0.460 e. The summed E-state index contributed by atoms with van der Waals surface area (Å²) in [5.41, 5.74) is 1.07. The molecule has 0 radical (unpaired) electrons. The predicted molar refractivity (Wildman–Crippen MR) is 139 cm³/mol. The van der Waals surface area contributed by atoms with Gasteiger partial charge in [0, 0.05) is 45.2 Å². The van der Waals surface area contributed by atoms with Crippen LogP contribution < -0.4 is 0 Å². The maximum absolute atomic E-state index is 10.8. The van der Waals surface area contributed by atoms with E-state index in [2.05, 4.69) is 38.7 Å². The van der Waals surface area contributed by atoms with E-state index in [1.165, 1.54) is 14.2 Å². The van der Waals surface area contributed by atoms with Gasteiger partial charge in [0.05, 0.1) is 19.8 Å². The van der Waals surface area contributed by atoms with Gasteiger partial charge in [-0.25, -0.2) is 14.4 Å². The van der Waals surface area contributed by atoms with E-state index in [1.807, 2.05) is 0 Å². The second kappa shape index (κ2) is 28.9. The summed E-state index contributed by atoms with van der Waals surface area (Å²) >= 11 is 0. The largest absolute Gasteiger partial charge is 0.460 e. The molecule has 0 aromatic rings. The fraction of sp³-hybridized carbons (Fsp3) is 0.640. The van der Waals surface area contributed by atoms with E-state index >= 15 is 0 Å². The van der Waals surface area contributed by atoms with Crippen LogP contribution in [0, 0.1) is 0 Å². The number of carbonyl (C=O) groups is 3. The van der Waals surface area contributed by atoms with E-state index < -0.39 is 24.1 Å². The molecule has 1 heterocycles. The number of epoxide rings is 1. The van der Waals surface area contributed by atoms with Gasteiger partial charge in [0.15, 0.2) is 0 Å². The Morgan fingerprint density at radius 2 is 1.00 bits per heavy atom. The molecule has 224 valence electrons. The molecule has 0 aliphatic carbocycles. The van der Waals surface area contributed by atoms with Crippen molar-refractivity contribution in [1.29, 1.82) is 0 Å². The monoisotopic (exact) mass is 554 g/mol. The molecule has 1 saturated heterocycles. The summed E-state index contributed by atoms with van der Waals surface area (Å²) in [6, 6.07) is 0. The number of hydrogen-bond donors (Lipinski definition) is 4. The molecule has 0 bridgehead atoms. The van der Waals surface area contributed by atoms with Crippen LogP contribution in [-0.2, 0) is 42.8 Å². The van der Waals surface area contributed by atoms with Gasteiger partial charge in [-0.2, -0.15) is 0 Å². The van der Waals surface area contributed by atoms with Gasteiger partial charge in [0.2, 0.25) is 0 Å². The molecule has 13 nitrogen and oxygen atoms in total. The summed E-state index contributed by atoms with van der Waals surface area (Å²) in [5.74, 6) is -1.33. The third kappa shape index (κ3) is 31.4. The van der Waals surface area contributed by atoms with E-state index in [0.29, 0.717) is 29.9 Å². The standard InChI is InChI=1S/2C8H14O4.C7H10O3.2CH4O/c2*1-6(2)8(10)12-5-7(9)4-11-3;1-5(2)7(8)10-4-6-3-9-6;2*1-2/h2*7,9H,1,4-5H2,2-3H3;6H,1,3-4H2,2H3;2*2H,1H3. The minimum atomic E-state index is -0.765. The molecular weight excluding hydrogens is 508 g/mol. The van der Waals surface area contributed by atoms with E-state index in [0.717, 1.165) is 14.2 Å². The highest BCUT2D eigenvalue weighted by molar-refractivity contribution is 5.87. The van der Waals surface area contributed by atoms with Crippen LogP contribution in [0.2, 0.25) is 0 Å². The van der Waals surface area contributed by atoms with Crippen molar-refractivity contribution in [2.24, 2.45) is 0 Å². The molecule has 13 heteroatoms. The topological polar surface area (TPSA) is 191 Å². The summed E-state index contributed by atoms with van der Waals surface area (Å²) in [4.78, 5) is 32.3. The summed E-state index contributed by atoms with van der Waals surface area (Å²) in [6.45, 7) is 16.2. The highest BCUT2D eigenvalue weighted by Gasteiger charge is 2.24. The fourth-order valence-electron chi connectivity index (χ4n) is 1.53. The van der Waals surface area contributed by atoms with Crippen molar-refractivity contribution in [3.63, 3.8) is 0 Å². The fourth-order valence-corrected chi connectivity index (χ4v) is 1.53. The molecule has 0 aromatic heterocycles. The Morgan fingerprint density at radius 3 is 1.24 bits per heavy atom. The first-order chi connectivity index (χ1) is 17.8. The molecular formula is C25H46O13. The molecule has 4 N–H and O–H groups in total. The van der Waals surface area contributed by atoms with Gasteiger partial charge in [0.25, 0.3) is 0 Å². The summed E-state index contributed by atoms with van der Waals surface area (Å²) < 4.78 is 28.2. The first-order valence-electron chi connectivity index (χ1n) is 11.2. The quantitative estimate of drug-likeness (QED) is 0.103. The lowest BCUT2D eigenvalue weighted by Crippen LogP contribution is -2.23. The highest BCUT2D eigenvalue weighted by Crippen LogP contribution is 2.09. The summed E-state index contributed by atoms with van der Waals surface area (Å²) in [5, 5.41) is 32.1. The van der Waals surface area contributed by atoms with Crippen LogP contribution in [0.5, 0.6) is 0 Å². The van der Waals surface area contributed by atoms with Crippen molar-refractivity contribution in [2.45, 2.75) is 39.1 Å². The van der Waals surface area contributed by atoms with Gasteiger partial charge < -0.3 is 48.8 Å². The summed E-state index contributed by atoms with van der Waals surface area (Å²) in [7, 11) is 4.92. The van der Waals surface area contributed by atoms with Gasteiger partial charge in [0.1, 0.15) is 38.1 Å². The van der Waals surface area contributed by atoms with Crippen LogP contribution >= 0.6 is 0 Å². The number of aliphatic hydroxyl groups is 4. The smallest absolute Gasteiger partial charge is 0.333 e. The van der Waals surface area contributed by atoms with Crippen LogP contribution in [0.1, 0.15) is 20.8 Å². The van der Waals surface area contributed by atoms with Gasteiger partial charge in [-0.3, -0.25) is 0 Å². The molecule has 3 unspecified atom stereocenters. The van der Waals surface area contributed by atoms with Crippen molar-refractivity contribution in [3.8, 4) is 0 Å². The lowest BCUT2D eigenvalue weighted by Gasteiger charge is -2.09. The summed E-state index contributed by atoms with van der Waals surface area (Å²) in [6.07, 6.45) is -1.39. The molecule has 1 fully saturated rings. The predicted octanol–water partition coefficient (Wildman–Crippen LogP) is -0.0525. The lowest BCUT2D eigenvalue weighted by molar-refractivity contribution is -0.143. The van der Waals surface area contributed by atoms with Crippen molar-refractivity contribution in [1.82, 2.24) is 0 Å². The average molecular weight is 555 g/mol. The van der Waals surface area contributed by atoms with E-state index in [9.17, 15) is 14.4 Å². The number of esters is 3. The minimum absolute atomic E-state index is 0.0560. The SMILES string of the molecule is C=C(C)C(=O)OCC(O)COC.C=C(C)C(=O)OCC(O)COC.C=C(C)C(=O)OCC1CO1.CO.CO. The number of ether oxygens (including phenoxy) is 6. The van der Waals surface area contributed by atoms with E-state index in [4.69, 9.17) is 29.9 Å². The Morgan fingerprint density at radius 1 is 0.711 bits per heavy atom. The van der Waals surface area contributed by atoms with Gasteiger partial charge in [-0.15, -0.1) is 0 Å². The van der Waals surface area contributed by atoms with Gasteiger partial charge >= 0.3 is 17.9 Å². The Kier molecular flexibility index (Phi) is 32.3. The Bertz CT molecular complexity index is 634. The van der Waals surface area contributed by atoms with Crippen molar-refractivity contribution < 1.29 is 63.2 Å². The molecule has 1 rings (SSSR count). The maximum atomic E-state index is 10.8.